The Kier molecular flexibility index (Phi) is 4.59. The summed E-state index contributed by atoms with van der Waals surface area (Å²) in [5.41, 5.74) is 1.30. The number of anilines is 1. The summed E-state index contributed by atoms with van der Waals surface area (Å²) in [7, 11) is 0. The highest BCUT2D eigenvalue weighted by atomic mass is 19.1. The third-order valence-corrected chi connectivity index (χ3v) is 2.29. The molecule has 0 radical (unpaired) electrons. The Morgan fingerprint density at radius 2 is 2.11 bits per heavy atom. The fraction of sp³-hybridized carbons (Fsp3) is 0.231. The maximum atomic E-state index is 13.6. The Morgan fingerprint density at radius 3 is 2.67 bits per heavy atom. The summed E-state index contributed by atoms with van der Waals surface area (Å²) in [5, 5.41) is 11.0. The fourth-order valence-electron chi connectivity index (χ4n) is 1.44. The van der Waals surface area contributed by atoms with Crippen molar-refractivity contribution in [2.24, 2.45) is 0 Å². The van der Waals surface area contributed by atoms with Gasteiger partial charge in [0.05, 0.1) is 6.42 Å². The fourth-order valence-corrected chi connectivity index (χ4v) is 1.44. The first kappa shape index (κ1) is 13.9. The lowest BCUT2D eigenvalue weighted by Gasteiger charge is -2.07. The van der Waals surface area contributed by atoms with Gasteiger partial charge in [-0.3, -0.25) is 9.59 Å². The lowest BCUT2D eigenvalue weighted by molar-refractivity contribution is -0.136. The molecule has 0 spiro atoms. The van der Waals surface area contributed by atoms with Gasteiger partial charge in [-0.05, 0) is 30.2 Å². The van der Waals surface area contributed by atoms with E-state index in [1.807, 2.05) is 0 Å². The topological polar surface area (TPSA) is 66.4 Å². The van der Waals surface area contributed by atoms with E-state index < -0.39 is 11.8 Å². The number of benzene rings is 1. The number of carboxylic acids is 1. The standard InChI is InChI=1S/C13H14FNO3/c1-8-10(4-3-5-13(17)18)6-11(7-12(8)14)15-9(2)16/h3-4,6-7H,5H2,1-2H3,(H,15,16)(H,17,18)/b4-3-. The van der Waals surface area contributed by atoms with Crippen molar-refractivity contribution in [1.82, 2.24) is 0 Å². The molecule has 0 saturated carbocycles. The largest absolute Gasteiger partial charge is 0.481 e. The Bertz CT molecular complexity index is 509. The zero-order valence-corrected chi connectivity index (χ0v) is 10.2. The summed E-state index contributed by atoms with van der Waals surface area (Å²) in [6.45, 7) is 2.92. The number of halogens is 1. The molecular formula is C13H14FNO3. The minimum Gasteiger partial charge on any atom is -0.481 e. The third kappa shape index (κ3) is 4.01. The minimum absolute atomic E-state index is 0.134. The third-order valence-electron chi connectivity index (χ3n) is 2.29. The molecule has 0 atom stereocenters. The van der Waals surface area contributed by atoms with E-state index in [0.29, 0.717) is 16.8 Å². The molecule has 0 unspecified atom stereocenters. The molecule has 2 N–H and O–H groups in total. The van der Waals surface area contributed by atoms with Crippen LogP contribution < -0.4 is 5.32 Å². The van der Waals surface area contributed by atoms with Crippen LogP contribution in [0.3, 0.4) is 0 Å². The molecule has 0 aliphatic heterocycles. The van der Waals surface area contributed by atoms with Crippen LogP contribution in [-0.2, 0) is 9.59 Å². The molecule has 5 heteroatoms. The molecular weight excluding hydrogens is 237 g/mol. The van der Waals surface area contributed by atoms with Gasteiger partial charge in [-0.15, -0.1) is 0 Å². The predicted molar refractivity (Wildman–Crippen MR) is 66.7 cm³/mol. The summed E-state index contributed by atoms with van der Waals surface area (Å²) < 4.78 is 13.6. The van der Waals surface area contributed by atoms with E-state index >= 15 is 0 Å². The van der Waals surface area contributed by atoms with Crippen molar-refractivity contribution >= 4 is 23.6 Å². The van der Waals surface area contributed by atoms with Gasteiger partial charge in [0.15, 0.2) is 0 Å². The first-order valence-corrected chi connectivity index (χ1v) is 5.36. The molecule has 0 bridgehead atoms. The van der Waals surface area contributed by atoms with Gasteiger partial charge in [-0.2, -0.15) is 0 Å². The lowest BCUT2D eigenvalue weighted by atomic mass is 10.1. The molecule has 1 amide bonds. The normalized spacial score (nSPS) is 10.6. The van der Waals surface area contributed by atoms with Crippen molar-refractivity contribution in [3.8, 4) is 0 Å². The van der Waals surface area contributed by atoms with Gasteiger partial charge in [0.25, 0.3) is 0 Å². The van der Waals surface area contributed by atoms with Gasteiger partial charge in [0.1, 0.15) is 5.82 Å². The van der Waals surface area contributed by atoms with E-state index in [1.165, 1.54) is 25.1 Å². The van der Waals surface area contributed by atoms with Crippen LogP contribution in [0.1, 0.15) is 24.5 Å². The van der Waals surface area contributed by atoms with Crippen LogP contribution in [0.4, 0.5) is 10.1 Å². The number of carbonyl (C=O) groups excluding carboxylic acids is 1. The molecule has 0 aliphatic carbocycles. The first-order chi connectivity index (χ1) is 8.40. The molecule has 1 aromatic carbocycles. The molecule has 0 saturated heterocycles. The quantitative estimate of drug-likeness (QED) is 0.864. The number of amides is 1. The van der Waals surface area contributed by atoms with Crippen LogP contribution in [0.2, 0.25) is 0 Å². The number of hydrogen-bond acceptors (Lipinski definition) is 2. The maximum Gasteiger partial charge on any atom is 0.307 e. The molecule has 0 aliphatic rings. The second kappa shape index (κ2) is 5.95. The van der Waals surface area contributed by atoms with Crippen molar-refractivity contribution < 1.29 is 19.1 Å². The van der Waals surface area contributed by atoms with Crippen LogP contribution in [0.5, 0.6) is 0 Å². The average Bonchev–Trinajstić information content (AvgIpc) is 2.23. The molecule has 0 heterocycles. The van der Waals surface area contributed by atoms with E-state index in [1.54, 1.807) is 13.0 Å². The molecule has 1 aromatic rings. The van der Waals surface area contributed by atoms with Gasteiger partial charge in [-0.1, -0.05) is 12.2 Å². The van der Waals surface area contributed by atoms with Gasteiger partial charge < -0.3 is 10.4 Å². The van der Waals surface area contributed by atoms with Crippen LogP contribution in [0.15, 0.2) is 18.2 Å². The summed E-state index contributed by atoms with van der Waals surface area (Å²) in [6.07, 6.45) is 2.82. The van der Waals surface area contributed by atoms with Crippen molar-refractivity contribution in [2.75, 3.05) is 5.32 Å². The maximum absolute atomic E-state index is 13.6. The van der Waals surface area contributed by atoms with Gasteiger partial charge in [-0.25, -0.2) is 4.39 Å². The molecule has 96 valence electrons. The van der Waals surface area contributed by atoms with Crippen LogP contribution in [0.25, 0.3) is 6.08 Å². The summed E-state index contributed by atoms with van der Waals surface area (Å²) >= 11 is 0. The van der Waals surface area contributed by atoms with E-state index in [-0.39, 0.29) is 12.3 Å². The summed E-state index contributed by atoms with van der Waals surface area (Å²) in [4.78, 5) is 21.3. The summed E-state index contributed by atoms with van der Waals surface area (Å²) in [6, 6.07) is 2.82. The van der Waals surface area contributed by atoms with E-state index in [9.17, 15) is 14.0 Å². The molecule has 4 nitrogen and oxygen atoms in total. The van der Waals surface area contributed by atoms with Crippen molar-refractivity contribution in [2.45, 2.75) is 20.3 Å². The predicted octanol–water partition coefficient (Wildman–Crippen LogP) is 2.58. The Balaban J connectivity index is 3.02. The molecule has 18 heavy (non-hydrogen) atoms. The second-order valence-electron chi connectivity index (χ2n) is 3.85. The number of hydrogen-bond donors (Lipinski definition) is 2. The summed E-state index contributed by atoms with van der Waals surface area (Å²) in [5.74, 6) is -1.70. The number of rotatable bonds is 4. The van der Waals surface area contributed by atoms with E-state index in [0.717, 1.165) is 0 Å². The second-order valence-corrected chi connectivity index (χ2v) is 3.85. The van der Waals surface area contributed by atoms with Crippen LogP contribution in [0, 0.1) is 12.7 Å². The van der Waals surface area contributed by atoms with Gasteiger partial charge in [0, 0.05) is 12.6 Å². The lowest BCUT2D eigenvalue weighted by Crippen LogP contribution is -2.06. The highest BCUT2D eigenvalue weighted by Gasteiger charge is 2.06. The number of carboxylic acid groups (broad SMARTS) is 1. The average molecular weight is 251 g/mol. The van der Waals surface area contributed by atoms with Gasteiger partial charge in [0.2, 0.25) is 5.91 Å². The Labute approximate surface area is 104 Å². The molecule has 0 aromatic heterocycles. The smallest absolute Gasteiger partial charge is 0.307 e. The van der Waals surface area contributed by atoms with E-state index in [2.05, 4.69) is 5.32 Å². The van der Waals surface area contributed by atoms with Gasteiger partial charge >= 0.3 is 5.97 Å². The highest BCUT2D eigenvalue weighted by Crippen LogP contribution is 2.20. The Morgan fingerprint density at radius 1 is 1.44 bits per heavy atom. The van der Waals surface area contributed by atoms with Crippen molar-refractivity contribution in [3.05, 3.63) is 35.2 Å². The van der Waals surface area contributed by atoms with E-state index in [4.69, 9.17) is 5.11 Å². The molecule has 0 fully saturated rings. The highest BCUT2D eigenvalue weighted by molar-refractivity contribution is 5.89. The van der Waals surface area contributed by atoms with Crippen LogP contribution in [-0.4, -0.2) is 17.0 Å². The monoisotopic (exact) mass is 251 g/mol. The number of carbonyl (C=O) groups is 2. The zero-order valence-electron chi connectivity index (χ0n) is 10.2. The molecule has 1 rings (SSSR count). The minimum atomic E-state index is -0.956. The first-order valence-electron chi connectivity index (χ1n) is 5.36. The zero-order chi connectivity index (χ0) is 13.7. The SMILES string of the molecule is CC(=O)Nc1cc(F)c(C)c(/C=C\CC(=O)O)c1. The van der Waals surface area contributed by atoms with Crippen LogP contribution >= 0.6 is 0 Å². The van der Waals surface area contributed by atoms with Crippen molar-refractivity contribution in [3.63, 3.8) is 0 Å². The number of aliphatic carboxylic acids is 1. The Hall–Kier alpha value is -2.17. The van der Waals surface area contributed by atoms with Crippen molar-refractivity contribution in [1.29, 1.82) is 0 Å². The number of nitrogens with one attached hydrogen (secondary N) is 1.